The van der Waals surface area contributed by atoms with E-state index in [0.717, 1.165) is 5.56 Å². The molecule has 3 heteroatoms. The van der Waals surface area contributed by atoms with Gasteiger partial charge < -0.3 is 9.73 Å². The summed E-state index contributed by atoms with van der Waals surface area (Å²) in [6.45, 7) is 3.41. The summed E-state index contributed by atoms with van der Waals surface area (Å²) < 4.78 is 4.87. The molecule has 60 valence electrons. The molecule has 0 saturated carbocycles. The van der Waals surface area contributed by atoms with Crippen molar-refractivity contribution in [2.24, 2.45) is 0 Å². The first-order chi connectivity index (χ1) is 5.20. The molecule has 0 saturated heterocycles. The lowest BCUT2D eigenvalue weighted by Gasteiger charge is -2.08. The van der Waals surface area contributed by atoms with E-state index in [-0.39, 0.29) is 11.9 Å². The van der Waals surface area contributed by atoms with E-state index in [0.29, 0.717) is 0 Å². The van der Waals surface area contributed by atoms with E-state index in [9.17, 15) is 4.79 Å². The van der Waals surface area contributed by atoms with E-state index in [1.807, 2.05) is 13.0 Å². The molecule has 0 spiro atoms. The maximum absolute atomic E-state index is 10.6. The molecule has 0 aliphatic heterocycles. The first-order valence-corrected chi connectivity index (χ1v) is 3.49. The van der Waals surface area contributed by atoms with E-state index in [2.05, 4.69) is 5.32 Å². The van der Waals surface area contributed by atoms with Gasteiger partial charge in [-0.15, -0.1) is 0 Å². The summed E-state index contributed by atoms with van der Waals surface area (Å²) in [4.78, 5) is 10.6. The molecule has 0 aliphatic rings. The lowest BCUT2D eigenvalue weighted by molar-refractivity contribution is -0.119. The van der Waals surface area contributed by atoms with E-state index in [1.165, 1.54) is 6.92 Å². The molecule has 1 amide bonds. The minimum atomic E-state index is -0.0290. The van der Waals surface area contributed by atoms with E-state index in [1.54, 1.807) is 12.5 Å². The summed E-state index contributed by atoms with van der Waals surface area (Å²) in [5.41, 5.74) is 0.986. The van der Waals surface area contributed by atoms with Crippen molar-refractivity contribution in [2.75, 3.05) is 0 Å². The molecule has 1 unspecified atom stereocenters. The predicted octanol–water partition coefficient (Wildman–Crippen LogP) is 1.48. The fourth-order valence-electron chi connectivity index (χ4n) is 0.910. The normalized spacial score (nSPS) is 12.5. The van der Waals surface area contributed by atoms with Crippen molar-refractivity contribution >= 4 is 5.91 Å². The Balaban J connectivity index is 2.56. The van der Waals surface area contributed by atoms with Gasteiger partial charge in [0, 0.05) is 12.5 Å². The molecular weight excluding hydrogens is 142 g/mol. The number of hydrogen-bond donors (Lipinski definition) is 1. The van der Waals surface area contributed by atoms with Gasteiger partial charge in [0.25, 0.3) is 0 Å². The highest BCUT2D eigenvalue weighted by Gasteiger charge is 2.06. The number of amides is 1. The van der Waals surface area contributed by atoms with Crippen LogP contribution in [0.25, 0.3) is 0 Å². The van der Waals surface area contributed by atoms with Crippen LogP contribution in [0.1, 0.15) is 25.5 Å². The number of hydrogen-bond acceptors (Lipinski definition) is 2. The van der Waals surface area contributed by atoms with Gasteiger partial charge in [0.15, 0.2) is 0 Å². The van der Waals surface area contributed by atoms with Crippen LogP contribution in [-0.2, 0) is 4.79 Å². The third-order valence-corrected chi connectivity index (χ3v) is 1.46. The maximum Gasteiger partial charge on any atom is 0.217 e. The predicted molar refractivity (Wildman–Crippen MR) is 40.9 cm³/mol. The molecule has 1 N–H and O–H groups in total. The smallest absolute Gasteiger partial charge is 0.217 e. The Labute approximate surface area is 65.4 Å². The summed E-state index contributed by atoms with van der Waals surface area (Å²) in [7, 11) is 0. The summed E-state index contributed by atoms with van der Waals surface area (Å²) in [6, 6.07) is 1.87. The van der Waals surface area contributed by atoms with Crippen molar-refractivity contribution in [3.63, 3.8) is 0 Å². The third-order valence-electron chi connectivity index (χ3n) is 1.46. The fourth-order valence-corrected chi connectivity index (χ4v) is 0.910. The second-order valence-corrected chi connectivity index (χ2v) is 2.48. The highest BCUT2D eigenvalue weighted by molar-refractivity contribution is 5.73. The Bertz CT molecular complexity index is 228. The fraction of sp³-hybridized carbons (Fsp3) is 0.375. The van der Waals surface area contributed by atoms with Crippen LogP contribution in [0.5, 0.6) is 0 Å². The summed E-state index contributed by atoms with van der Waals surface area (Å²) in [5.74, 6) is -0.0290. The highest BCUT2D eigenvalue weighted by atomic mass is 16.3. The van der Waals surface area contributed by atoms with Crippen LogP contribution in [0, 0.1) is 0 Å². The molecule has 11 heavy (non-hydrogen) atoms. The molecular formula is C8H11NO2. The molecule has 1 heterocycles. The second-order valence-electron chi connectivity index (χ2n) is 2.48. The molecule has 0 bridgehead atoms. The lowest BCUT2D eigenvalue weighted by Crippen LogP contribution is -2.23. The zero-order valence-corrected chi connectivity index (χ0v) is 6.63. The number of carbonyl (C=O) groups is 1. The summed E-state index contributed by atoms with van der Waals surface area (Å²) in [5, 5.41) is 2.75. The summed E-state index contributed by atoms with van der Waals surface area (Å²) in [6.07, 6.45) is 3.22. The van der Waals surface area contributed by atoms with Crippen molar-refractivity contribution in [3.05, 3.63) is 24.2 Å². The Kier molecular flexibility index (Phi) is 2.31. The highest BCUT2D eigenvalue weighted by Crippen LogP contribution is 2.11. The van der Waals surface area contributed by atoms with Crippen LogP contribution in [0.15, 0.2) is 23.0 Å². The van der Waals surface area contributed by atoms with Gasteiger partial charge in [-0.25, -0.2) is 0 Å². The first-order valence-electron chi connectivity index (χ1n) is 3.49. The van der Waals surface area contributed by atoms with Crippen molar-refractivity contribution in [1.29, 1.82) is 0 Å². The molecule has 1 aromatic rings. The lowest BCUT2D eigenvalue weighted by atomic mass is 10.2. The Morgan fingerprint density at radius 2 is 2.45 bits per heavy atom. The van der Waals surface area contributed by atoms with Gasteiger partial charge in [0.05, 0.1) is 18.6 Å². The van der Waals surface area contributed by atoms with Gasteiger partial charge >= 0.3 is 0 Å². The van der Waals surface area contributed by atoms with E-state index in [4.69, 9.17) is 4.42 Å². The van der Waals surface area contributed by atoms with Crippen molar-refractivity contribution in [1.82, 2.24) is 5.32 Å². The van der Waals surface area contributed by atoms with Crippen molar-refractivity contribution in [2.45, 2.75) is 19.9 Å². The van der Waals surface area contributed by atoms with Crippen LogP contribution in [-0.4, -0.2) is 5.91 Å². The van der Waals surface area contributed by atoms with Crippen LogP contribution in [0.3, 0.4) is 0 Å². The second kappa shape index (κ2) is 3.23. The average molecular weight is 153 g/mol. The number of nitrogens with one attached hydrogen (secondary N) is 1. The molecule has 0 radical (unpaired) electrons. The SMILES string of the molecule is CC(=O)NC(C)c1ccoc1. The molecule has 1 rings (SSSR count). The number of carbonyl (C=O) groups excluding carboxylic acids is 1. The topological polar surface area (TPSA) is 42.2 Å². The molecule has 0 aliphatic carbocycles. The number of rotatable bonds is 2. The quantitative estimate of drug-likeness (QED) is 0.699. The Hall–Kier alpha value is -1.25. The maximum atomic E-state index is 10.6. The van der Waals surface area contributed by atoms with Crippen LogP contribution in [0.2, 0.25) is 0 Å². The summed E-state index contributed by atoms with van der Waals surface area (Å²) >= 11 is 0. The zero-order valence-electron chi connectivity index (χ0n) is 6.63. The van der Waals surface area contributed by atoms with Crippen LogP contribution < -0.4 is 5.32 Å². The van der Waals surface area contributed by atoms with Gasteiger partial charge in [-0.2, -0.15) is 0 Å². The molecule has 1 atom stereocenters. The van der Waals surface area contributed by atoms with Gasteiger partial charge in [-0.3, -0.25) is 4.79 Å². The van der Waals surface area contributed by atoms with Gasteiger partial charge in [0.2, 0.25) is 5.91 Å². The molecule has 0 fully saturated rings. The third kappa shape index (κ3) is 2.11. The van der Waals surface area contributed by atoms with E-state index < -0.39 is 0 Å². The van der Waals surface area contributed by atoms with Crippen molar-refractivity contribution in [3.8, 4) is 0 Å². The zero-order chi connectivity index (χ0) is 8.27. The van der Waals surface area contributed by atoms with Crippen LogP contribution >= 0.6 is 0 Å². The Morgan fingerprint density at radius 1 is 1.73 bits per heavy atom. The average Bonchev–Trinajstić information content (AvgIpc) is 2.35. The molecule has 1 aromatic heterocycles. The van der Waals surface area contributed by atoms with Gasteiger partial charge in [0.1, 0.15) is 0 Å². The minimum absolute atomic E-state index is 0.0290. The number of furan rings is 1. The van der Waals surface area contributed by atoms with Gasteiger partial charge in [-0.1, -0.05) is 0 Å². The van der Waals surface area contributed by atoms with E-state index >= 15 is 0 Å². The first kappa shape index (κ1) is 7.85. The van der Waals surface area contributed by atoms with Crippen LogP contribution in [0.4, 0.5) is 0 Å². The standard InChI is InChI=1S/C8H11NO2/c1-6(9-7(2)10)8-3-4-11-5-8/h3-6H,1-2H3,(H,9,10). The minimum Gasteiger partial charge on any atom is -0.472 e. The Morgan fingerprint density at radius 3 is 2.91 bits per heavy atom. The van der Waals surface area contributed by atoms with Gasteiger partial charge in [-0.05, 0) is 13.0 Å². The largest absolute Gasteiger partial charge is 0.472 e. The monoisotopic (exact) mass is 153 g/mol. The molecule has 3 nitrogen and oxygen atoms in total. The molecule has 0 aromatic carbocycles. The van der Waals surface area contributed by atoms with Crippen molar-refractivity contribution < 1.29 is 9.21 Å².